The highest BCUT2D eigenvalue weighted by molar-refractivity contribution is 7.80. The van der Waals surface area contributed by atoms with Gasteiger partial charge in [0.2, 0.25) is 0 Å². The predicted octanol–water partition coefficient (Wildman–Crippen LogP) is 3.24. The number of thiocarbonyl (C=S) groups is 1. The maximum Gasteiger partial charge on any atom is 0.399 e. The molecule has 1 unspecified atom stereocenters. The molecule has 106 valence electrons. The highest BCUT2D eigenvalue weighted by Gasteiger charge is 2.42. The second kappa shape index (κ2) is 6.54. The second-order valence-electron chi connectivity index (χ2n) is 4.32. The number of alkyl halides is 3. The predicted molar refractivity (Wildman–Crippen MR) is 74.1 cm³/mol. The molecular formula is C12H14ClF3N2S. The van der Waals surface area contributed by atoms with Gasteiger partial charge in [0.25, 0.3) is 0 Å². The fraction of sp³-hybridized carbons (Fsp3) is 0.417. The van der Waals surface area contributed by atoms with Crippen LogP contribution in [-0.4, -0.2) is 29.7 Å². The molecule has 7 heteroatoms. The van der Waals surface area contributed by atoms with Crippen LogP contribution >= 0.6 is 23.8 Å². The van der Waals surface area contributed by atoms with Gasteiger partial charge in [-0.15, -0.1) is 0 Å². The van der Waals surface area contributed by atoms with Gasteiger partial charge < -0.3 is 10.6 Å². The number of hydrogen-bond acceptors (Lipinski definition) is 2. The van der Waals surface area contributed by atoms with Gasteiger partial charge in [-0.25, -0.2) is 0 Å². The second-order valence-corrected chi connectivity index (χ2v) is 5.23. The first-order valence-electron chi connectivity index (χ1n) is 5.49. The van der Waals surface area contributed by atoms with E-state index in [0.29, 0.717) is 11.6 Å². The van der Waals surface area contributed by atoms with Crippen molar-refractivity contribution in [2.75, 3.05) is 13.6 Å². The summed E-state index contributed by atoms with van der Waals surface area (Å²) in [5.74, 6) is -1.79. The Morgan fingerprint density at radius 3 is 2.32 bits per heavy atom. The quantitative estimate of drug-likeness (QED) is 0.847. The molecule has 0 radical (unpaired) electrons. The summed E-state index contributed by atoms with van der Waals surface area (Å²) in [6.07, 6.45) is -4.42. The van der Waals surface area contributed by atoms with Crippen molar-refractivity contribution in [1.29, 1.82) is 0 Å². The number of halogens is 4. The molecule has 0 fully saturated rings. The van der Waals surface area contributed by atoms with Gasteiger partial charge in [0.1, 0.15) is 5.92 Å². The largest absolute Gasteiger partial charge is 0.399 e. The van der Waals surface area contributed by atoms with Gasteiger partial charge in [-0.1, -0.05) is 36.0 Å². The lowest BCUT2D eigenvalue weighted by Gasteiger charge is -2.25. The molecule has 0 aliphatic heterocycles. The average molecular weight is 311 g/mol. The van der Waals surface area contributed by atoms with E-state index in [4.69, 9.17) is 17.3 Å². The van der Waals surface area contributed by atoms with Gasteiger partial charge in [0.15, 0.2) is 0 Å². The first-order valence-corrected chi connectivity index (χ1v) is 6.28. The third-order valence-electron chi connectivity index (χ3n) is 2.60. The van der Waals surface area contributed by atoms with Crippen molar-refractivity contribution < 1.29 is 13.2 Å². The highest BCUT2D eigenvalue weighted by Crippen LogP contribution is 2.27. The van der Waals surface area contributed by atoms with Gasteiger partial charge in [0, 0.05) is 18.1 Å². The third-order valence-corrected chi connectivity index (χ3v) is 3.14. The Morgan fingerprint density at radius 1 is 1.37 bits per heavy atom. The number of nitrogens with zero attached hydrogens (tertiary/aromatic N) is 1. The fourth-order valence-corrected chi connectivity index (χ4v) is 1.97. The molecule has 19 heavy (non-hydrogen) atoms. The summed E-state index contributed by atoms with van der Waals surface area (Å²) in [6.45, 7) is 0.105. The highest BCUT2D eigenvalue weighted by atomic mass is 35.5. The van der Waals surface area contributed by atoms with Crippen molar-refractivity contribution in [3.05, 3.63) is 34.9 Å². The van der Waals surface area contributed by atoms with E-state index < -0.39 is 17.1 Å². The summed E-state index contributed by atoms with van der Waals surface area (Å²) in [7, 11) is 1.59. The maximum absolute atomic E-state index is 12.7. The monoisotopic (exact) mass is 310 g/mol. The number of benzene rings is 1. The van der Waals surface area contributed by atoms with Crippen LogP contribution in [0.15, 0.2) is 24.3 Å². The van der Waals surface area contributed by atoms with Crippen LogP contribution in [-0.2, 0) is 6.54 Å². The number of hydrogen-bond donors (Lipinski definition) is 1. The zero-order valence-corrected chi connectivity index (χ0v) is 11.8. The van der Waals surface area contributed by atoms with Crippen LogP contribution in [0.25, 0.3) is 0 Å². The Balaban J connectivity index is 2.65. The number of nitrogens with two attached hydrogens (primary N) is 1. The minimum Gasteiger partial charge on any atom is -0.393 e. The normalized spacial score (nSPS) is 13.6. The Labute approximate surface area is 120 Å². The van der Waals surface area contributed by atoms with Gasteiger partial charge in [-0.3, -0.25) is 0 Å². The topological polar surface area (TPSA) is 29.3 Å². The molecule has 1 aromatic rings. The van der Waals surface area contributed by atoms with Gasteiger partial charge >= 0.3 is 6.18 Å². The first-order chi connectivity index (χ1) is 8.70. The van der Waals surface area contributed by atoms with E-state index in [-0.39, 0.29) is 6.54 Å². The molecule has 0 aromatic heterocycles. The van der Waals surface area contributed by atoms with Crippen LogP contribution < -0.4 is 5.73 Å². The summed E-state index contributed by atoms with van der Waals surface area (Å²) in [5.41, 5.74) is 6.02. The van der Waals surface area contributed by atoms with Crippen molar-refractivity contribution in [1.82, 2.24) is 4.90 Å². The first kappa shape index (κ1) is 16.2. The van der Waals surface area contributed by atoms with Gasteiger partial charge in [-0.2, -0.15) is 13.2 Å². The van der Waals surface area contributed by atoms with Crippen molar-refractivity contribution >= 4 is 28.8 Å². The van der Waals surface area contributed by atoms with Crippen LogP contribution in [0.4, 0.5) is 13.2 Å². The molecule has 0 aliphatic carbocycles. The van der Waals surface area contributed by atoms with E-state index in [0.717, 1.165) is 5.56 Å². The Bertz CT molecular complexity index is 434. The maximum atomic E-state index is 12.7. The minimum absolute atomic E-state index is 0.262. The van der Waals surface area contributed by atoms with Crippen molar-refractivity contribution in [2.24, 2.45) is 11.7 Å². The summed E-state index contributed by atoms with van der Waals surface area (Å²) < 4.78 is 38.1. The lowest BCUT2D eigenvalue weighted by atomic mass is 10.1. The number of rotatable bonds is 5. The van der Waals surface area contributed by atoms with E-state index in [1.165, 1.54) is 4.90 Å². The Morgan fingerprint density at radius 2 is 1.89 bits per heavy atom. The molecule has 1 rings (SSSR count). The molecule has 1 atom stereocenters. The molecule has 2 nitrogen and oxygen atoms in total. The van der Waals surface area contributed by atoms with E-state index in [2.05, 4.69) is 12.2 Å². The fourth-order valence-electron chi connectivity index (χ4n) is 1.63. The van der Waals surface area contributed by atoms with Crippen LogP contribution in [0.3, 0.4) is 0 Å². The molecule has 0 bridgehead atoms. The van der Waals surface area contributed by atoms with Crippen LogP contribution in [0.5, 0.6) is 0 Å². The molecular weight excluding hydrogens is 297 g/mol. The van der Waals surface area contributed by atoms with Crippen molar-refractivity contribution in [2.45, 2.75) is 12.7 Å². The molecule has 0 amide bonds. The summed E-state index contributed by atoms with van der Waals surface area (Å²) >= 11 is 10.2. The van der Waals surface area contributed by atoms with Crippen LogP contribution in [0, 0.1) is 5.92 Å². The zero-order valence-electron chi connectivity index (χ0n) is 10.2. The zero-order chi connectivity index (χ0) is 14.6. The van der Waals surface area contributed by atoms with Crippen molar-refractivity contribution in [3.63, 3.8) is 0 Å². The standard InChI is InChI=1S/C12H14ClF3N2S/c1-18(6-8-2-4-9(13)5-3-8)7-10(11(17)19)12(14,15)16/h2-5,10H,6-7H2,1H3,(H2,17,19). The molecule has 0 heterocycles. The summed E-state index contributed by atoms with van der Waals surface area (Å²) in [4.78, 5) is 0.996. The van der Waals surface area contributed by atoms with Gasteiger partial charge in [-0.05, 0) is 24.7 Å². The van der Waals surface area contributed by atoms with Crippen LogP contribution in [0.2, 0.25) is 5.02 Å². The van der Waals surface area contributed by atoms with Crippen molar-refractivity contribution in [3.8, 4) is 0 Å². The van der Waals surface area contributed by atoms with E-state index in [1.807, 2.05) is 0 Å². The molecule has 0 spiro atoms. The SMILES string of the molecule is CN(Cc1ccc(Cl)cc1)CC(C(N)=S)C(F)(F)F. The molecule has 1 aromatic carbocycles. The van der Waals surface area contributed by atoms with Gasteiger partial charge in [0.05, 0.1) is 4.99 Å². The summed E-state index contributed by atoms with van der Waals surface area (Å²) in [5, 5.41) is 0.586. The van der Waals surface area contributed by atoms with E-state index >= 15 is 0 Å². The lowest BCUT2D eigenvalue weighted by Crippen LogP contribution is -2.42. The average Bonchev–Trinajstić information content (AvgIpc) is 2.27. The van der Waals surface area contributed by atoms with Crippen LogP contribution in [0.1, 0.15) is 5.56 Å². The van der Waals surface area contributed by atoms with E-state index in [1.54, 1.807) is 31.3 Å². The smallest absolute Gasteiger partial charge is 0.393 e. The third kappa shape index (κ3) is 5.34. The van der Waals surface area contributed by atoms with E-state index in [9.17, 15) is 13.2 Å². The Hall–Kier alpha value is -0.850. The molecule has 0 saturated heterocycles. The molecule has 2 N–H and O–H groups in total. The molecule has 0 saturated carbocycles. The summed E-state index contributed by atoms with van der Waals surface area (Å²) in [6, 6.07) is 6.92. The lowest BCUT2D eigenvalue weighted by molar-refractivity contribution is -0.158. The molecule has 0 aliphatic rings. The minimum atomic E-state index is -4.42. The Kier molecular flexibility index (Phi) is 5.58.